The molecule has 2 unspecified atom stereocenters. The number of nitrogens with one attached hydrogen (secondary N) is 2. The molecule has 3 rings (SSSR count). The average molecular weight is 408 g/mol. The summed E-state index contributed by atoms with van der Waals surface area (Å²) in [6.45, 7) is 8.11. The van der Waals surface area contributed by atoms with Gasteiger partial charge >= 0.3 is 0 Å². The molecule has 2 atom stereocenters. The molecule has 1 aromatic carbocycles. The number of anilines is 1. The number of halogens is 1. The van der Waals surface area contributed by atoms with Crippen molar-refractivity contribution in [3.8, 4) is 5.75 Å². The van der Waals surface area contributed by atoms with Gasteiger partial charge in [-0.2, -0.15) is 0 Å². The number of guanidine groups is 1. The second kappa shape index (κ2) is 10.2. The maximum absolute atomic E-state index is 6.21. The third-order valence-electron chi connectivity index (χ3n) is 5.58. The molecule has 0 aliphatic carbocycles. The quantitative estimate of drug-likeness (QED) is 0.561. The third kappa shape index (κ3) is 5.67. The Morgan fingerprint density at radius 1 is 1.29 bits per heavy atom. The largest absolute Gasteiger partial charge is 0.495 e. The summed E-state index contributed by atoms with van der Waals surface area (Å²) >= 11 is 6.21. The molecular formula is C21H34ClN5O. The number of piperidine rings is 1. The smallest absolute Gasteiger partial charge is 0.191 e. The number of nitrogens with zero attached hydrogens (tertiary/aromatic N) is 3. The first-order chi connectivity index (χ1) is 13.6. The molecule has 2 heterocycles. The van der Waals surface area contributed by atoms with E-state index >= 15 is 0 Å². The molecule has 1 aromatic rings. The molecule has 0 bridgehead atoms. The van der Waals surface area contributed by atoms with Crippen molar-refractivity contribution in [1.29, 1.82) is 0 Å². The molecule has 0 saturated carbocycles. The van der Waals surface area contributed by atoms with Gasteiger partial charge in [0.05, 0.1) is 12.8 Å². The second-order valence-corrected chi connectivity index (χ2v) is 8.32. The van der Waals surface area contributed by atoms with Gasteiger partial charge in [0, 0.05) is 43.8 Å². The molecule has 2 aliphatic heterocycles. The summed E-state index contributed by atoms with van der Waals surface area (Å²) in [6.07, 6.45) is 3.62. The lowest BCUT2D eigenvalue weighted by Crippen LogP contribution is -2.45. The Bertz CT molecular complexity index is 668. The van der Waals surface area contributed by atoms with Crippen LogP contribution in [0.1, 0.15) is 26.2 Å². The molecular weight excluding hydrogens is 374 g/mol. The van der Waals surface area contributed by atoms with Crippen molar-refractivity contribution in [2.45, 2.75) is 32.2 Å². The van der Waals surface area contributed by atoms with E-state index in [9.17, 15) is 0 Å². The van der Waals surface area contributed by atoms with Gasteiger partial charge in [-0.3, -0.25) is 4.99 Å². The van der Waals surface area contributed by atoms with Gasteiger partial charge in [-0.05, 0) is 63.9 Å². The predicted molar refractivity (Wildman–Crippen MR) is 118 cm³/mol. The van der Waals surface area contributed by atoms with Crippen LogP contribution < -0.4 is 20.3 Å². The van der Waals surface area contributed by atoms with Gasteiger partial charge in [-0.1, -0.05) is 11.6 Å². The van der Waals surface area contributed by atoms with Crippen molar-refractivity contribution in [3.05, 3.63) is 23.2 Å². The van der Waals surface area contributed by atoms with Crippen molar-refractivity contribution in [1.82, 2.24) is 15.5 Å². The zero-order valence-electron chi connectivity index (χ0n) is 17.4. The normalized spacial score (nSPS) is 23.7. The average Bonchev–Trinajstić information content (AvgIpc) is 3.15. The van der Waals surface area contributed by atoms with Crippen LogP contribution in [-0.4, -0.2) is 70.3 Å². The van der Waals surface area contributed by atoms with Crippen molar-refractivity contribution in [2.24, 2.45) is 10.9 Å². The van der Waals surface area contributed by atoms with Crippen molar-refractivity contribution in [3.63, 3.8) is 0 Å². The van der Waals surface area contributed by atoms with Gasteiger partial charge in [0.1, 0.15) is 5.75 Å². The summed E-state index contributed by atoms with van der Waals surface area (Å²) in [5, 5.41) is 7.77. The number of hydrogen-bond acceptors (Lipinski definition) is 4. The number of rotatable bonds is 6. The summed E-state index contributed by atoms with van der Waals surface area (Å²) in [5.74, 6) is 2.46. The Labute approximate surface area is 174 Å². The maximum atomic E-state index is 6.21. The first kappa shape index (κ1) is 21.1. The Hall–Kier alpha value is -1.66. The lowest BCUT2D eigenvalue weighted by Gasteiger charge is -2.29. The predicted octanol–water partition coefficient (Wildman–Crippen LogP) is 2.82. The topological polar surface area (TPSA) is 52.1 Å². The highest BCUT2D eigenvalue weighted by Gasteiger charge is 2.26. The Kier molecular flexibility index (Phi) is 7.68. The van der Waals surface area contributed by atoms with Crippen molar-refractivity contribution < 1.29 is 4.74 Å². The number of likely N-dealkylation sites (tertiary alicyclic amines) is 1. The standard InChI is InChI=1S/C21H34ClN5O/c1-4-23-21(24-13-16-6-5-10-26(2)14-16)25-18-9-11-27(15-18)19-12-17(22)7-8-20(19)28-3/h7-8,12,16,18H,4-6,9-11,13-15H2,1-3H3,(H2,23,24,25). The van der Waals surface area contributed by atoms with E-state index in [-0.39, 0.29) is 0 Å². The molecule has 2 aliphatic rings. The van der Waals surface area contributed by atoms with E-state index in [0.717, 1.165) is 61.6 Å². The minimum absolute atomic E-state index is 0.357. The van der Waals surface area contributed by atoms with Crippen LogP contribution in [0.4, 0.5) is 5.69 Å². The molecule has 2 fully saturated rings. The van der Waals surface area contributed by atoms with E-state index in [0.29, 0.717) is 12.0 Å². The summed E-state index contributed by atoms with van der Waals surface area (Å²) < 4.78 is 5.52. The zero-order valence-corrected chi connectivity index (χ0v) is 18.1. The first-order valence-electron chi connectivity index (χ1n) is 10.4. The van der Waals surface area contributed by atoms with Crippen LogP contribution >= 0.6 is 11.6 Å². The summed E-state index contributed by atoms with van der Waals surface area (Å²) in [7, 11) is 3.91. The minimum Gasteiger partial charge on any atom is -0.495 e. The third-order valence-corrected chi connectivity index (χ3v) is 5.82. The van der Waals surface area contributed by atoms with Crippen LogP contribution in [0, 0.1) is 5.92 Å². The van der Waals surface area contributed by atoms with E-state index in [2.05, 4.69) is 34.4 Å². The van der Waals surface area contributed by atoms with Gasteiger partial charge < -0.3 is 25.2 Å². The van der Waals surface area contributed by atoms with Gasteiger partial charge in [0.25, 0.3) is 0 Å². The monoisotopic (exact) mass is 407 g/mol. The molecule has 2 saturated heterocycles. The van der Waals surface area contributed by atoms with Crippen LogP contribution in [-0.2, 0) is 0 Å². The lowest BCUT2D eigenvalue weighted by molar-refractivity contribution is 0.214. The molecule has 6 nitrogen and oxygen atoms in total. The summed E-state index contributed by atoms with van der Waals surface area (Å²) in [5.41, 5.74) is 1.06. The second-order valence-electron chi connectivity index (χ2n) is 7.88. The van der Waals surface area contributed by atoms with E-state index < -0.39 is 0 Å². The van der Waals surface area contributed by atoms with Crippen LogP contribution in [0.15, 0.2) is 23.2 Å². The lowest BCUT2D eigenvalue weighted by atomic mass is 9.99. The van der Waals surface area contributed by atoms with Gasteiger partial charge in [0.2, 0.25) is 0 Å². The molecule has 0 aromatic heterocycles. The van der Waals surface area contributed by atoms with Crippen molar-refractivity contribution >= 4 is 23.2 Å². The molecule has 156 valence electrons. The van der Waals surface area contributed by atoms with E-state index in [1.165, 1.54) is 19.4 Å². The fourth-order valence-electron chi connectivity index (χ4n) is 4.16. The zero-order chi connectivity index (χ0) is 19.9. The molecule has 0 spiro atoms. The molecule has 0 radical (unpaired) electrons. The minimum atomic E-state index is 0.357. The number of aliphatic imine (C=N–C) groups is 1. The SMILES string of the molecule is CCNC(=NCC1CCCN(C)C1)NC1CCN(c2cc(Cl)ccc2OC)C1. The maximum Gasteiger partial charge on any atom is 0.191 e. The highest BCUT2D eigenvalue weighted by molar-refractivity contribution is 6.30. The highest BCUT2D eigenvalue weighted by atomic mass is 35.5. The van der Waals surface area contributed by atoms with E-state index in [1.807, 2.05) is 18.2 Å². The molecule has 28 heavy (non-hydrogen) atoms. The van der Waals surface area contributed by atoms with Crippen LogP contribution in [0.3, 0.4) is 0 Å². The fourth-order valence-corrected chi connectivity index (χ4v) is 4.33. The van der Waals surface area contributed by atoms with Crippen LogP contribution in [0.25, 0.3) is 0 Å². The van der Waals surface area contributed by atoms with E-state index in [4.69, 9.17) is 21.3 Å². The Morgan fingerprint density at radius 2 is 2.14 bits per heavy atom. The highest BCUT2D eigenvalue weighted by Crippen LogP contribution is 2.33. The van der Waals surface area contributed by atoms with Crippen LogP contribution in [0.5, 0.6) is 5.75 Å². The van der Waals surface area contributed by atoms with E-state index in [1.54, 1.807) is 7.11 Å². The number of ether oxygens (including phenoxy) is 1. The number of methoxy groups -OCH3 is 1. The molecule has 0 amide bonds. The Morgan fingerprint density at radius 3 is 2.89 bits per heavy atom. The Balaban J connectivity index is 1.58. The van der Waals surface area contributed by atoms with Gasteiger partial charge in [0.15, 0.2) is 5.96 Å². The molecule has 2 N–H and O–H groups in total. The summed E-state index contributed by atoms with van der Waals surface area (Å²) in [4.78, 5) is 9.63. The molecule has 7 heteroatoms. The fraction of sp³-hybridized carbons (Fsp3) is 0.667. The first-order valence-corrected chi connectivity index (χ1v) is 10.8. The summed E-state index contributed by atoms with van der Waals surface area (Å²) in [6, 6.07) is 6.15. The van der Waals surface area contributed by atoms with Crippen LogP contribution in [0.2, 0.25) is 5.02 Å². The van der Waals surface area contributed by atoms with Gasteiger partial charge in [-0.15, -0.1) is 0 Å². The number of benzene rings is 1. The van der Waals surface area contributed by atoms with Crippen molar-refractivity contribution in [2.75, 3.05) is 58.3 Å². The number of hydrogen-bond donors (Lipinski definition) is 2. The van der Waals surface area contributed by atoms with Gasteiger partial charge in [-0.25, -0.2) is 0 Å².